The van der Waals surface area contributed by atoms with Crippen LogP contribution in [0.15, 0.2) is 48.5 Å². The number of carbonyl (C=O) groups excluding carboxylic acids is 1. The molecule has 0 saturated carbocycles. The maximum Gasteiger partial charge on any atom is 0.227 e. The first-order valence-corrected chi connectivity index (χ1v) is 8.81. The Morgan fingerprint density at radius 3 is 2.56 bits per heavy atom. The summed E-state index contributed by atoms with van der Waals surface area (Å²) in [6, 6.07) is 16.6. The Morgan fingerprint density at radius 2 is 1.92 bits per heavy atom. The normalized spacial score (nSPS) is 17.5. The van der Waals surface area contributed by atoms with Crippen molar-refractivity contribution in [3.8, 4) is 5.75 Å². The maximum atomic E-state index is 12.6. The van der Waals surface area contributed by atoms with Crippen LogP contribution in [0.5, 0.6) is 5.75 Å². The predicted octanol–water partition coefficient (Wildman–Crippen LogP) is 3.28. The molecule has 0 unspecified atom stereocenters. The van der Waals surface area contributed by atoms with Crippen molar-refractivity contribution in [1.29, 1.82) is 0 Å². The molecule has 1 heterocycles. The molecule has 0 aliphatic carbocycles. The van der Waals surface area contributed by atoms with Crippen molar-refractivity contribution in [2.45, 2.75) is 26.3 Å². The third-order valence-electron chi connectivity index (χ3n) is 4.83. The highest BCUT2D eigenvalue weighted by Gasteiger charge is 2.26. The van der Waals surface area contributed by atoms with Gasteiger partial charge in [-0.1, -0.05) is 24.3 Å². The Bertz CT molecular complexity index is 727. The van der Waals surface area contributed by atoms with Crippen LogP contribution in [0.4, 0.5) is 5.69 Å². The molecule has 4 heteroatoms. The molecule has 1 saturated heterocycles. The lowest BCUT2D eigenvalue weighted by Gasteiger charge is -2.41. The van der Waals surface area contributed by atoms with Crippen molar-refractivity contribution in [2.75, 3.05) is 31.6 Å². The molecule has 0 aromatic heterocycles. The fourth-order valence-electron chi connectivity index (χ4n) is 3.40. The number of nitrogens with zero attached hydrogens (tertiary/aromatic N) is 2. The summed E-state index contributed by atoms with van der Waals surface area (Å²) in [6.45, 7) is 6.72. The fourth-order valence-corrected chi connectivity index (χ4v) is 3.40. The average molecular weight is 338 g/mol. The summed E-state index contributed by atoms with van der Waals surface area (Å²) < 4.78 is 5.17. The van der Waals surface area contributed by atoms with Gasteiger partial charge < -0.3 is 14.5 Å². The first-order chi connectivity index (χ1) is 12.1. The summed E-state index contributed by atoms with van der Waals surface area (Å²) in [6.07, 6.45) is 0.446. The van der Waals surface area contributed by atoms with E-state index < -0.39 is 0 Å². The number of piperazine rings is 1. The molecule has 1 fully saturated rings. The minimum Gasteiger partial charge on any atom is -0.497 e. The molecule has 3 rings (SSSR count). The van der Waals surface area contributed by atoms with E-state index in [1.807, 2.05) is 29.2 Å². The summed E-state index contributed by atoms with van der Waals surface area (Å²) >= 11 is 0. The molecule has 2 aromatic carbocycles. The van der Waals surface area contributed by atoms with Crippen LogP contribution >= 0.6 is 0 Å². The third kappa shape index (κ3) is 4.13. The second kappa shape index (κ2) is 7.60. The van der Waals surface area contributed by atoms with Gasteiger partial charge in [-0.15, -0.1) is 0 Å². The van der Waals surface area contributed by atoms with E-state index >= 15 is 0 Å². The standard InChI is InChI=1S/C21H26N2O2/c1-16-5-4-6-19(13-16)23-12-11-22(15-17(23)2)21(24)14-18-7-9-20(25-3)10-8-18/h4-10,13,17H,11-12,14-15H2,1-3H3/t17-/m1/s1. The van der Waals surface area contributed by atoms with Crippen LogP contribution < -0.4 is 9.64 Å². The molecule has 1 aliphatic rings. The average Bonchev–Trinajstić information content (AvgIpc) is 2.62. The Labute approximate surface area is 150 Å². The van der Waals surface area contributed by atoms with Crippen LogP contribution in [0.2, 0.25) is 0 Å². The lowest BCUT2D eigenvalue weighted by molar-refractivity contribution is -0.131. The lowest BCUT2D eigenvalue weighted by Crippen LogP contribution is -2.54. The van der Waals surface area contributed by atoms with Gasteiger partial charge in [-0.3, -0.25) is 4.79 Å². The van der Waals surface area contributed by atoms with Crippen molar-refractivity contribution < 1.29 is 9.53 Å². The Balaban J connectivity index is 1.60. The number of rotatable bonds is 4. The van der Waals surface area contributed by atoms with Crippen molar-refractivity contribution in [3.05, 3.63) is 59.7 Å². The maximum absolute atomic E-state index is 12.6. The smallest absolute Gasteiger partial charge is 0.227 e. The molecule has 4 nitrogen and oxygen atoms in total. The SMILES string of the molecule is COc1ccc(CC(=O)N2CCN(c3cccc(C)c3)[C@H](C)C2)cc1. The number of amides is 1. The number of methoxy groups -OCH3 is 1. The topological polar surface area (TPSA) is 32.8 Å². The second-order valence-electron chi connectivity index (χ2n) is 6.75. The van der Waals surface area contributed by atoms with Gasteiger partial charge >= 0.3 is 0 Å². The lowest BCUT2D eigenvalue weighted by atomic mass is 10.1. The molecule has 132 valence electrons. The highest BCUT2D eigenvalue weighted by molar-refractivity contribution is 5.79. The van der Waals surface area contributed by atoms with Gasteiger partial charge in [0.2, 0.25) is 5.91 Å². The third-order valence-corrected chi connectivity index (χ3v) is 4.83. The first-order valence-electron chi connectivity index (χ1n) is 8.81. The summed E-state index contributed by atoms with van der Waals surface area (Å²) in [4.78, 5) is 17.0. The number of carbonyl (C=O) groups is 1. The molecule has 1 atom stereocenters. The first kappa shape index (κ1) is 17.3. The minimum atomic E-state index is 0.195. The van der Waals surface area contributed by atoms with E-state index in [1.54, 1.807) is 7.11 Å². The molecular formula is C21H26N2O2. The number of anilines is 1. The zero-order valence-electron chi connectivity index (χ0n) is 15.2. The van der Waals surface area contributed by atoms with E-state index in [4.69, 9.17) is 4.74 Å². The van der Waals surface area contributed by atoms with Crippen molar-refractivity contribution in [3.63, 3.8) is 0 Å². The van der Waals surface area contributed by atoms with Crippen LogP contribution in [0.3, 0.4) is 0 Å². The van der Waals surface area contributed by atoms with Gasteiger partial charge in [-0.25, -0.2) is 0 Å². The van der Waals surface area contributed by atoms with E-state index in [2.05, 4.69) is 43.0 Å². The van der Waals surface area contributed by atoms with Gasteiger partial charge in [0.15, 0.2) is 0 Å². The monoisotopic (exact) mass is 338 g/mol. The van der Waals surface area contributed by atoms with Gasteiger partial charge in [0.1, 0.15) is 5.75 Å². The molecule has 1 aliphatic heterocycles. The zero-order chi connectivity index (χ0) is 17.8. The van der Waals surface area contributed by atoms with Gasteiger partial charge in [-0.05, 0) is 49.2 Å². The molecule has 2 aromatic rings. The van der Waals surface area contributed by atoms with E-state index in [1.165, 1.54) is 11.3 Å². The summed E-state index contributed by atoms with van der Waals surface area (Å²) in [5.74, 6) is 1.01. The molecule has 0 radical (unpaired) electrons. The van der Waals surface area contributed by atoms with Gasteiger partial charge in [0, 0.05) is 31.4 Å². The summed E-state index contributed by atoms with van der Waals surface area (Å²) in [5, 5.41) is 0. The highest BCUT2D eigenvalue weighted by atomic mass is 16.5. The Kier molecular flexibility index (Phi) is 5.27. The van der Waals surface area contributed by atoms with Crippen molar-refractivity contribution in [2.24, 2.45) is 0 Å². The quantitative estimate of drug-likeness (QED) is 0.858. The molecular weight excluding hydrogens is 312 g/mol. The van der Waals surface area contributed by atoms with Gasteiger partial charge in [0.25, 0.3) is 0 Å². The molecule has 0 bridgehead atoms. The second-order valence-corrected chi connectivity index (χ2v) is 6.75. The Morgan fingerprint density at radius 1 is 1.16 bits per heavy atom. The minimum absolute atomic E-state index is 0.195. The largest absolute Gasteiger partial charge is 0.497 e. The van der Waals surface area contributed by atoms with E-state index in [0.29, 0.717) is 12.5 Å². The summed E-state index contributed by atoms with van der Waals surface area (Å²) in [5.41, 5.74) is 3.54. The zero-order valence-corrected chi connectivity index (χ0v) is 15.2. The van der Waals surface area contributed by atoms with Crippen LogP contribution in [-0.4, -0.2) is 43.6 Å². The number of ether oxygens (including phenoxy) is 1. The highest BCUT2D eigenvalue weighted by Crippen LogP contribution is 2.22. The van der Waals surface area contributed by atoms with Crippen LogP contribution in [-0.2, 0) is 11.2 Å². The number of hydrogen-bond donors (Lipinski definition) is 0. The van der Waals surface area contributed by atoms with Crippen LogP contribution in [0.25, 0.3) is 0 Å². The fraction of sp³-hybridized carbons (Fsp3) is 0.381. The van der Waals surface area contributed by atoms with Crippen molar-refractivity contribution in [1.82, 2.24) is 4.90 Å². The van der Waals surface area contributed by atoms with Crippen LogP contribution in [0, 0.1) is 6.92 Å². The number of benzene rings is 2. The van der Waals surface area contributed by atoms with E-state index in [9.17, 15) is 4.79 Å². The van der Waals surface area contributed by atoms with Crippen LogP contribution in [0.1, 0.15) is 18.1 Å². The molecule has 1 amide bonds. The van der Waals surface area contributed by atoms with E-state index in [0.717, 1.165) is 30.9 Å². The van der Waals surface area contributed by atoms with E-state index in [-0.39, 0.29) is 5.91 Å². The Hall–Kier alpha value is -2.49. The predicted molar refractivity (Wildman–Crippen MR) is 101 cm³/mol. The molecule has 0 spiro atoms. The summed E-state index contributed by atoms with van der Waals surface area (Å²) in [7, 11) is 1.65. The van der Waals surface area contributed by atoms with Gasteiger partial charge in [0.05, 0.1) is 13.5 Å². The molecule has 25 heavy (non-hydrogen) atoms. The number of hydrogen-bond acceptors (Lipinski definition) is 3. The number of aryl methyl sites for hydroxylation is 1. The molecule has 0 N–H and O–H groups in total. The van der Waals surface area contributed by atoms with Crippen molar-refractivity contribution >= 4 is 11.6 Å². The van der Waals surface area contributed by atoms with Gasteiger partial charge in [-0.2, -0.15) is 0 Å².